The predicted molar refractivity (Wildman–Crippen MR) is 62.7 cm³/mol. The molecule has 0 aliphatic rings. The van der Waals surface area contributed by atoms with Crippen molar-refractivity contribution in [2.24, 2.45) is 11.7 Å². The first-order valence-electron chi connectivity index (χ1n) is 5.42. The lowest BCUT2D eigenvalue weighted by Gasteiger charge is -2.20. The molecule has 0 radical (unpaired) electrons. The first kappa shape index (κ1) is 12.7. The standard InChI is InChI=1S/C11H20N4O/c1-9(7-15-5-4-13-8-15)6-14-10(16)11(2,3)12/h4-5,8-9H,6-7,12H2,1-3H3,(H,14,16). The van der Waals surface area contributed by atoms with Gasteiger partial charge in [0.25, 0.3) is 0 Å². The van der Waals surface area contributed by atoms with Crippen LogP contribution in [-0.2, 0) is 11.3 Å². The minimum Gasteiger partial charge on any atom is -0.354 e. The van der Waals surface area contributed by atoms with Crippen molar-refractivity contribution in [1.29, 1.82) is 0 Å². The molecule has 1 rings (SSSR count). The Labute approximate surface area is 96.0 Å². The number of nitrogens with two attached hydrogens (primary N) is 1. The fraction of sp³-hybridized carbons (Fsp3) is 0.636. The fourth-order valence-corrected chi connectivity index (χ4v) is 1.31. The highest BCUT2D eigenvalue weighted by molar-refractivity contribution is 5.84. The van der Waals surface area contributed by atoms with E-state index < -0.39 is 5.54 Å². The number of nitrogens with zero attached hydrogens (tertiary/aromatic N) is 2. The van der Waals surface area contributed by atoms with E-state index in [1.54, 1.807) is 26.4 Å². The zero-order valence-corrected chi connectivity index (χ0v) is 10.1. The summed E-state index contributed by atoms with van der Waals surface area (Å²) in [6.45, 7) is 6.93. The Balaban J connectivity index is 2.31. The van der Waals surface area contributed by atoms with Gasteiger partial charge in [-0.3, -0.25) is 4.79 Å². The molecule has 1 atom stereocenters. The van der Waals surface area contributed by atoms with E-state index in [-0.39, 0.29) is 5.91 Å². The van der Waals surface area contributed by atoms with Crippen LogP contribution in [-0.4, -0.2) is 27.5 Å². The average molecular weight is 224 g/mol. The van der Waals surface area contributed by atoms with E-state index in [1.807, 2.05) is 10.8 Å². The molecule has 0 aliphatic carbocycles. The highest BCUT2D eigenvalue weighted by atomic mass is 16.2. The maximum Gasteiger partial charge on any atom is 0.239 e. The number of carbonyl (C=O) groups excluding carboxylic acids is 1. The highest BCUT2D eigenvalue weighted by Crippen LogP contribution is 2.01. The van der Waals surface area contributed by atoms with Gasteiger partial charge in [0, 0.05) is 25.5 Å². The third-order valence-corrected chi connectivity index (χ3v) is 2.28. The first-order valence-corrected chi connectivity index (χ1v) is 5.42. The van der Waals surface area contributed by atoms with E-state index in [0.717, 1.165) is 6.54 Å². The summed E-state index contributed by atoms with van der Waals surface area (Å²) in [6, 6.07) is 0. The normalized spacial score (nSPS) is 13.5. The minimum absolute atomic E-state index is 0.120. The average Bonchev–Trinajstić information content (AvgIpc) is 2.65. The number of hydrogen-bond donors (Lipinski definition) is 2. The zero-order chi connectivity index (χ0) is 12.2. The number of rotatable bonds is 5. The van der Waals surface area contributed by atoms with Crippen molar-refractivity contribution in [3.8, 4) is 0 Å². The molecule has 1 aromatic heterocycles. The van der Waals surface area contributed by atoms with Crippen LogP contribution in [0.2, 0.25) is 0 Å². The van der Waals surface area contributed by atoms with Gasteiger partial charge in [0.15, 0.2) is 0 Å². The molecule has 1 aromatic rings. The number of imidazole rings is 1. The molecule has 0 saturated carbocycles. The van der Waals surface area contributed by atoms with Crippen LogP contribution in [0.4, 0.5) is 0 Å². The molecule has 90 valence electrons. The Hall–Kier alpha value is -1.36. The van der Waals surface area contributed by atoms with Gasteiger partial charge in [-0.15, -0.1) is 0 Å². The summed E-state index contributed by atoms with van der Waals surface area (Å²) < 4.78 is 1.99. The lowest BCUT2D eigenvalue weighted by Crippen LogP contribution is -2.50. The van der Waals surface area contributed by atoms with E-state index in [0.29, 0.717) is 12.5 Å². The van der Waals surface area contributed by atoms with Crippen LogP contribution in [0, 0.1) is 5.92 Å². The van der Waals surface area contributed by atoms with E-state index in [2.05, 4.69) is 17.2 Å². The lowest BCUT2D eigenvalue weighted by atomic mass is 10.1. The van der Waals surface area contributed by atoms with Crippen molar-refractivity contribution in [2.45, 2.75) is 32.9 Å². The second-order valence-corrected chi connectivity index (χ2v) is 4.80. The maximum absolute atomic E-state index is 11.5. The molecule has 0 aromatic carbocycles. The van der Waals surface area contributed by atoms with Gasteiger partial charge in [0.05, 0.1) is 11.9 Å². The van der Waals surface area contributed by atoms with E-state index in [9.17, 15) is 4.79 Å². The van der Waals surface area contributed by atoms with Gasteiger partial charge in [-0.2, -0.15) is 0 Å². The molecule has 0 fully saturated rings. The quantitative estimate of drug-likeness (QED) is 0.759. The summed E-state index contributed by atoms with van der Waals surface area (Å²) in [6.07, 6.45) is 5.42. The Morgan fingerprint density at radius 1 is 1.62 bits per heavy atom. The molecular weight excluding hydrogens is 204 g/mol. The Morgan fingerprint density at radius 3 is 2.81 bits per heavy atom. The van der Waals surface area contributed by atoms with Crippen LogP contribution in [0.3, 0.4) is 0 Å². The summed E-state index contributed by atoms with van der Waals surface area (Å²) in [5, 5.41) is 2.84. The summed E-state index contributed by atoms with van der Waals surface area (Å²) >= 11 is 0. The fourth-order valence-electron chi connectivity index (χ4n) is 1.31. The number of aromatic nitrogens is 2. The maximum atomic E-state index is 11.5. The second-order valence-electron chi connectivity index (χ2n) is 4.80. The van der Waals surface area contributed by atoms with E-state index in [4.69, 9.17) is 5.73 Å². The van der Waals surface area contributed by atoms with Gasteiger partial charge in [0.2, 0.25) is 5.91 Å². The topological polar surface area (TPSA) is 72.9 Å². The molecule has 0 bridgehead atoms. The van der Waals surface area contributed by atoms with Crippen LogP contribution in [0.15, 0.2) is 18.7 Å². The molecule has 3 N–H and O–H groups in total. The molecule has 0 saturated heterocycles. The van der Waals surface area contributed by atoms with Crippen LogP contribution in [0.1, 0.15) is 20.8 Å². The van der Waals surface area contributed by atoms with Gasteiger partial charge < -0.3 is 15.6 Å². The van der Waals surface area contributed by atoms with Gasteiger partial charge in [-0.05, 0) is 19.8 Å². The minimum atomic E-state index is -0.811. The molecule has 5 nitrogen and oxygen atoms in total. The van der Waals surface area contributed by atoms with Crippen LogP contribution < -0.4 is 11.1 Å². The van der Waals surface area contributed by atoms with Crippen molar-refractivity contribution in [1.82, 2.24) is 14.9 Å². The van der Waals surface area contributed by atoms with Gasteiger partial charge in [0.1, 0.15) is 0 Å². The molecule has 5 heteroatoms. The Kier molecular flexibility index (Phi) is 4.06. The van der Waals surface area contributed by atoms with Crippen molar-refractivity contribution in [3.63, 3.8) is 0 Å². The van der Waals surface area contributed by atoms with Crippen molar-refractivity contribution >= 4 is 5.91 Å². The SMILES string of the molecule is CC(CNC(=O)C(C)(C)N)Cn1ccnc1. The van der Waals surface area contributed by atoms with Crippen molar-refractivity contribution in [2.75, 3.05) is 6.54 Å². The second kappa shape index (κ2) is 5.12. The van der Waals surface area contributed by atoms with Crippen LogP contribution in [0.25, 0.3) is 0 Å². The van der Waals surface area contributed by atoms with Crippen LogP contribution >= 0.6 is 0 Å². The smallest absolute Gasteiger partial charge is 0.239 e. The molecule has 1 amide bonds. The number of amides is 1. The molecule has 1 heterocycles. The van der Waals surface area contributed by atoms with E-state index >= 15 is 0 Å². The third kappa shape index (κ3) is 4.02. The third-order valence-electron chi connectivity index (χ3n) is 2.28. The summed E-state index contributed by atoms with van der Waals surface area (Å²) in [5.41, 5.74) is 4.86. The van der Waals surface area contributed by atoms with Crippen molar-refractivity contribution in [3.05, 3.63) is 18.7 Å². The molecular formula is C11H20N4O. The molecule has 16 heavy (non-hydrogen) atoms. The molecule has 0 aliphatic heterocycles. The number of carbonyl (C=O) groups is 1. The molecule has 0 spiro atoms. The van der Waals surface area contributed by atoms with Gasteiger partial charge in [-0.1, -0.05) is 6.92 Å². The number of hydrogen-bond acceptors (Lipinski definition) is 3. The van der Waals surface area contributed by atoms with E-state index in [1.165, 1.54) is 0 Å². The van der Waals surface area contributed by atoms with Gasteiger partial charge in [-0.25, -0.2) is 4.98 Å². The summed E-state index contributed by atoms with van der Waals surface area (Å²) in [7, 11) is 0. The summed E-state index contributed by atoms with van der Waals surface area (Å²) in [4.78, 5) is 15.5. The number of nitrogens with one attached hydrogen (secondary N) is 1. The largest absolute Gasteiger partial charge is 0.354 e. The Bertz CT molecular complexity index is 326. The van der Waals surface area contributed by atoms with Gasteiger partial charge >= 0.3 is 0 Å². The zero-order valence-electron chi connectivity index (χ0n) is 10.1. The highest BCUT2D eigenvalue weighted by Gasteiger charge is 2.21. The Morgan fingerprint density at radius 2 is 2.31 bits per heavy atom. The van der Waals surface area contributed by atoms with Crippen molar-refractivity contribution < 1.29 is 4.79 Å². The first-order chi connectivity index (χ1) is 7.39. The lowest BCUT2D eigenvalue weighted by molar-refractivity contribution is -0.125. The van der Waals surface area contributed by atoms with Crippen LogP contribution in [0.5, 0.6) is 0 Å². The molecule has 1 unspecified atom stereocenters. The monoisotopic (exact) mass is 224 g/mol. The predicted octanol–water partition coefficient (Wildman–Crippen LogP) is 0.373. The summed E-state index contributed by atoms with van der Waals surface area (Å²) in [5.74, 6) is 0.227.